The van der Waals surface area contributed by atoms with Gasteiger partial charge in [0.15, 0.2) is 6.61 Å². The number of carbonyl (C=O) groups excluding carboxylic acids is 1. The first-order valence-electron chi connectivity index (χ1n) is 7.98. The van der Waals surface area contributed by atoms with Crippen LogP contribution in [0.15, 0.2) is 42.5 Å². The molecule has 0 fully saturated rings. The summed E-state index contributed by atoms with van der Waals surface area (Å²) in [6.07, 6.45) is 4.45. The summed E-state index contributed by atoms with van der Waals surface area (Å²) in [4.78, 5) is 11.9. The van der Waals surface area contributed by atoms with E-state index < -0.39 is 0 Å². The van der Waals surface area contributed by atoms with Crippen molar-refractivity contribution in [1.82, 2.24) is 5.32 Å². The molecule has 0 unspecified atom stereocenters. The number of halogens is 1. The van der Waals surface area contributed by atoms with Crippen LogP contribution in [0.25, 0.3) is 0 Å². The highest BCUT2D eigenvalue weighted by Gasteiger charge is 2.14. The van der Waals surface area contributed by atoms with E-state index in [9.17, 15) is 9.18 Å². The molecule has 3 nitrogen and oxygen atoms in total. The zero-order valence-corrected chi connectivity index (χ0v) is 13.0. The van der Waals surface area contributed by atoms with E-state index in [2.05, 4.69) is 11.4 Å². The summed E-state index contributed by atoms with van der Waals surface area (Å²) in [5.74, 6) is 0.232. The van der Waals surface area contributed by atoms with Gasteiger partial charge in [-0.1, -0.05) is 30.3 Å². The molecule has 1 aliphatic rings. The van der Waals surface area contributed by atoms with E-state index in [1.807, 2.05) is 12.1 Å². The number of fused-ring (bicyclic) bond motifs is 1. The lowest BCUT2D eigenvalue weighted by Crippen LogP contribution is -2.29. The second kappa shape index (κ2) is 7.27. The molecule has 2 aromatic carbocycles. The number of nitrogens with one attached hydrogen (secondary N) is 1. The van der Waals surface area contributed by atoms with Crippen LogP contribution >= 0.6 is 0 Å². The molecular formula is C19H20FNO2. The predicted octanol–water partition coefficient (Wildman–Crippen LogP) is 3.40. The number of aryl methyl sites for hydroxylation is 1. The van der Waals surface area contributed by atoms with Crippen LogP contribution in [0, 0.1) is 5.82 Å². The Morgan fingerprint density at radius 3 is 2.78 bits per heavy atom. The predicted molar refractivity (Wildman–Crippen MR) is 86.8 cm³/mol. The second-order valence-corrected chi connectivity index (χ2v) is 5.76. The Bertz CT molecular complexity index is 700. The van der Waals surface area contributed by atoms with Crippen LogP contribution in [0.4, 0.5) is 4.39 Å². The molecule has 0 bridgehead atoms. The molecule has 0 saturated carbocycles. The van der Waals surface area contributed by atoms with Crippen LogP contribution in [0.2, 0.25) is 0 Å². The Morgan fingerprint density at radius 1 is 1.09 bits per heavy atom. The van der Waals surface area contributed by atoms with Gasteiger partial charge in [-0.15, -0.1) is 0 Å². The Labute approximate surface area is 135 Å². The lowest BCUT2D eigenvalue weighted by atomic mass is 9.91. The van der Waals surface area contributed by atoms with Crippen molar-refractivity contribution in [1.29, 1.82) is 0 Å². The fourth-order valence-electron chi connectivity index (χ4n) is 2.91. The Morgan fingerprint density at radius 2 is 1.91 bits per heavy atom. The van der Waals surface area contributed by atoms with Gasteiger partial charge in [-0.25, -0.2) is 4.39 Å². The van der Waals surface area contributed by atoms with Gasteiger partial charge in [0.05, 0.1) is 0 Å². The zero-order valence-electron chi connectivity index (χ0n) is 13.0. The Hall–Kier alpha value is -2.36. The van der Waals surface area contributed by atoms with E-state index in [4.69, 9.17) is 4.74 Å². The van der Waals surface area contributed by atoms with Crippen molar-refractivity contribution in [3.8, 4) is 5.75 Å². The number of hydrogen-bond acceptors (Lipinski definition) is 2. The van der Waals surface area contributed by atoms with E-state index in [-0.39, 0.29) is 24.9 Å². The largest absolute Gasteiger partial charge is 0.483 e. The third-order valence-corrected chi connectivity index (χ3v) is 4.15. The van der Waals surface area contributed by atoms with Crippen LogP contribution in [-0.2, 0) is 24.2 Å². The SMILES string of the molecule is O=C(COc1cccc2c1CCCC2)NCc1ccccc1F. The minimum absolute atomic E-state index is 0.0507. The van der Waals surface area contributed by atoms with E-state index in [0.717, 1.165) is 25.0 Å². The van der Waals surface area contributed by atoms with E-state index in [1.54, 1.807) is 18.2 Å². The molecule has 0 atom stereocenters. The first-order valence-corrected chi connectivity index (χ1v) is 7.98. The highest BCUT2D eigenvalue weighted by atomic mass is 19.1. The quantitative estimate of drug-likeness (QED) is 0.919. The average molecular weight is 313 g/mol. The molecule has 23 heavy (non-hydrogen) atoms. The Kier molecular flexibility index (Phi) is 4.91. The van der Waals surface area contributed by atoms with Gasteiger partial charge in [0, 0.05) is 12.1 Å². The molecule has 1 amide bonds. The summed E-state index contributed by atoms with van der Waals surface area (Å²) in [5, 5.41) is 2.69. The summed E-state index contributed by atoms with van der Waals surface area (Å²) in [6.45, 7) is 0.118. The number of amides is 1. The van der Waals surface area contributed by atoms with Gasteiger partial charge in [0.1, 0.15) is 11.6 Å². The van der Waals surface area contributed by atoms with Crippen LogP contribution < -0.4 is 10.1 Å². The van der Waals surface area contributed by atoms with Gasteiger partial charge >= 0.3 is 0 Å². The minimum Gasteiger partial charge on any atom is -0.483 e. The maximum atomic E-state index is 13.5. The summed E-state index contributed by atoms with van der Waals surface area (Å²) in [6, 6.07) is 12.4. The zero-order chi connectivity index (χ0) is 16.1. The molecule has 120 valence electrons. The Balaban J connectivity index is 1.54. The van der Waals surface area contributed by atoms with Crippen LogP contribution in [0.1, 0.15) is 29.5 Å². The fraction of sp³-hybridized carbons (Fsp3) is 0.316. The van der Waals surface area contributed by atoms with Gasteiger partial charge in [0.2, 0.25) is 0 Å². The number of ether oxygens (including phenoxy) is 1. The van der Waals surface area contributed by atoms with Crippen LogP contribution in [0.3, 0.4) is 0 Å². The van der Waals surface area contributed by atoms with Gasteiger partial charge in [-0.3, -0.25) is 4.79 Å². The van der Waals surface area contributed by atoms with Crippen LogP contribution in [0.5, 0.6) is 5.75 Å². The van der Waals surface area contributed by atoms with Crippen LogP contribution in [-0.4, -0.2) is 12.5 Å². The summed E-state index contributed by atoms with van der Waals surface area (Å²) < 4.78 is 19.2. The molecule has 0 spiro atoms. The summed E-state index contributed by atoms with van der Waals surface area (Å²) in [5.41, 5.74) is 3.01. The van der Waals surface area contributed by atoms with Crippen molar-refractivity contribution < 1.29 is 13.9 Å². The average Bonchev–Trinajstić information content (AvgIpc) is 2.59. The lowest BCUT2D eigenvalue weighted by Gasteiger charge is -2.19. The summed E-state index contributed by atoms with van der Waals surface area (Å²) in [7, 11) is 0. The van der Waals surface area contributed by atoms with Crippen molar-refractivity contribution >= 4 is 5.91 Å². The molecule has 3 rings (SSSR count). The molecule has 2 aromatic rings. The molecular weight excluding hydrogens is 293 g/mol. The standard InChI is InChI=1S/C19H20FNO2/c20-17-10-4-2-7-15(17)12-21-19(22)13-23-18-11-5-8-14-6-1-3-9-16(14)18/h2,4-5,7-8,10-11H,1,3,6,9,12-13H2,(H,21,22). The lowest BCUT2D eigenvalue weighted by molar-refractivity contribution is -0.123. The molecule has 1 N–H and O–H groups in total. The van der Waals surface area contributed by atoms with Crippen molar-refractivity contribution in [2.75, 3.05) is 6.61 Å². The molecule has 1 aliphatic carbocycles. The van der Waals surface area contributed by atoms with Crippen molar-refractivity contribution in [3.05, 3.63) is 65.0 Å². The molecule has 4 heteroatoms. The monoisotopic (exact) mass is 313 g/mol. The third kappa shape index (κ3) is 3.89. The first kappa shape index (κ1) is 15.5. The van der Waals surface area contributed by atoms with E-state index >= 15 is 0 Å². The van der Waals surface area contributed by atoms with Gasteiger partial charge in [-0.05, 0) is 48.9 Å². The van der Waals surface area contributed by atoms with Gasteiger partial charge in [0.25, 0.3) is 5.91 Å². The van der Waals surface area contributed by atoms with Gasteiger partial charge < -0.3 is 10.1 Å². The topological polar surface area (TPSA) is 38.3 Å². The fourth-order valence-corrected chi connectivity index (χ4v) is 2.91. The number of carbonyl (C=O) groups is 1. The van der Waals surface area contributed by atoms with Gasteiger partial charge in [-0.2, -0.15) is 0 Å². The molecule has 0 heterocycles. The van der Waals surface area contributed by atoms with Crippen molar-refractivity contribution in [3.63, 3.8) is 0 Å². The molecule has 0 saturated heterocycles. The number of benzene rings is 2. The third-order valence-electron chi connectivity index (χ3n) is 4.15. The molecule has 0 aromatic heterocycles. The maximum Gasteiger partial charge on any atom is 0.258 e. The molecule has 0 radical (unpaired) electrons. The number of hydrogen-bond donors (Lipinski definition) is 1. The summed E-state index contributed by atoms with van der Waals surface area (Å²) >= 11 is 0. The smallest absolute Gasteiger partial charge is 0.258 e. The highest BCUT2D eigenvalue weighted by Crippen LogP contribution is 2.29. The number of rotatable bonds is 5. The minimum atomic E-state index is -0.314. The van der Waals surface area contributed by atoms with E-state index in [1.165, 1.54) is 23.6 Å². The van der Waals surface area contributed by atoms with E-state index in [0.29, 0.717) is 5.56 Å². The first-order chi connectivity index (χ1) is 11.2. The normalized spacial score (nSPS) is 13.3. The highest BCUT2D eigenvalue weighted by molar-refractivity contribution is 5.77. The maximum absolute atomic E-state index is 13.5. The van der Waals surface area contributed by atoms with Crippen molar-refractivity contribution in [2.45, 2.75) is 32.2 Å². The second-order valence-electron chi connectivity index (χ2n) is 5.76. The van der Waals surface area contributed by atoms with Crippen molar-refractivity contribution in [2.24, 2.45) is 0 Å². The molecule has 0 aliphatic heterocycles.